The van der Waals surface area contributed by atoms with E-state index in [0.717, 1.165) is 12.8 Å². The van der Waals surface area contributed by atoms with E-state index in [2.05, 4.69) is 30.9 Å². The highest BCUT2D eigenvalue weighted by atomic mass is 16.5. The first kappa shape index (κ1) is 14.1. The summed E-state index contributed by atoms with van der Waals surface area (Å²) in [5.41, 5.74) is 5.93. The van der Waals surface area contributed by atoms with Gasteiger partial charge in [-0.15, -0.1) is 0 Å². The summed E-state index contributed by atoms with van der Waals surface area (Å²) >= 11 is 0. The van der Waals surface area contributed by atoms with Crippen LogP contribution in [0, 0.1) is 5.92 Å². The van der Waals surface area contributed by atoms with Gasteiger partial charge in [-0.25, -0.2) is 0 Å². The zero-order valence-electron chi connectivity index (χ0n) is 11.1. The molecule has 0 aliphatic rings. The van der Waals surface area contributed by atoms with Crippen LogP contribution >= 0.6 is 0 Å². The number of hydrogen-bond donors (Lipinski definition) is 1. The summed E-state index contributed by atoms with van der Waals surface area (Å²) in [4.78, 5) is 4.34. The van der Waals surface area contributed by atoms with Crippen molar-refractivity contribution < 1.29 is 9.26 Å². The molecule has 1 aromatic heterocycles. The molecule has 0 aliphatic carbocycles. The van der Waals surface area contributed by atoms with Gasteiger partial charge in [-0.3, -0.25) is 0 Å². The van der Waals surface area contributed by atoms with Crippen molar-refractivity contribution in [1.82, 2.24) is 10.1 Å². The number of nitrogens with zero attached hydrogens (tertiary/aromatic N) is 2. The molecule has 0 fully saturated rings. The fourth-order valence-corrected chi connectivity index (χ4v) is 1.69. The summed E-state index contributed by atoms with van der Waals surface area (Å²) in [5, 5.41) is 3.97. The fraction of sp³-hybridized carbons (Fsp3) is 0.833. The normalized spacial score (nSPS) is 15.2. The van der Waals surface area contributed by atoms with E-state index in [1.165, 1.54) is 0 Å². The third kappa shape index (κ3) is 3.78. The standard InChI is InChI=1S/C12H23N3O2/c1-5-7-9(13)12-14-11(15-17-12)10(8(3)4)16-6-2/h8-10H,5-7,13H2,1-4H3/t9-,10?/m1/s1. The van der Waals surface area contributed by atoms with E-state index in [1.807, 2.05) is 6.92 Å². The van der Waals surface area contributed by atoms with Gasteiger partial charge in [0.15, 0.2) is 0 Å². The van der Waals surface area contributed by atoms with Crippen molar-refractivity contribution >= 4 is 0 Å². The van der Waals surface area contributed by atoms with Crippen LogP contribution in [0.1, 0.15) is 64.4 Å². The highest BCUT2D eigenvalue weighted by molar-refractivity contribution is 4.96. The van der Waals surface area contributed by atoms with Crippen LogP contribution in [0.2, 0.25) is 0 Å². The average molecular weight is 241 g/mol. The molecule has 0 amide bonds. The third-order valence-corrected chi connectivity index (χ3v) is 2.58. The molecule has 5 nitrogen and oxygen atoms in total. The van der Waals surface area contributed by atoms with Gasteiger partial charge in [-0.05, 0) is 19.3 Å². The Kier molecular flexibility index (Phi) is 5.58. The topological polar surface area (TPSA) is 74.2 Å². The molecule has 1 heterocycles. The number of hydrogen-bond acceptors (Lipinski definition) is 5. The summed E-state index contributed by atoms with van der Waals surface area (Å²) in [6, 6.07) is -0.171. The number of rotatable bonds is 7. The lowest BCUT2D eigenvalue weighted by Crippen LogP contribution is -2.14. The van der Waals surface area contributed by atoms with Crippen LogP contribution in [0.5, 0.6) is 0 Å². The lowest BCUT2D eigenvalue weighted by molar-refractivity contribution is 0.0217. The Morgan fingerprint density at radius 2 is 2.06 bits per heavy atom. The molecule has 2 atom stereocenters. The van der Waals surface area contributed by atoms with E-state index in [0.29, 0.717) is 24.2 Å². The van der Waals surface area contributed by atoms with Crippen molar-refractivity contribution in [2.75, 3.05) is 6.61 Å². The first-order valence-corrected chi connectivity index (χ1v) is 6.30. The maximum Gasteiger partial charge on any atom is 0.243 e. The Morgan fingerprint density at radius 3 is 2.59 bits per heavy atom. The minimum absolute atomic E-state index is 0.119. The molecule has 0 saturated heterocycles. The smallest absolute Gasteiger partial charge is 0.243 e. The molecular formula is C12H23N3O2. The summed E-state index contributed by atoms with van der Waals surface area (Å²) in [7, 11) is 0. The van der Waals surface area contributed by atoms with Crippen LogP contribution in [0.4, 0.5) is 0 Å². The van der Waals surface area contributed by atoms with E-state index in [-0.39, 0.29) is 12.1 Å². The third-order valence-electron chi connectivity index (χ3n) is 2.58. The molecule has 2 N–H and O–H groups in total. The van der Waals surface area contributed by atoms with Crippen LogP contribution in [-0.4, -0.2) is 16.7 Å². The van der Waals surface area contributed by atoms with Gasteiger partial charge >= 0.3 is 0 Å². The molecule has 98 valence electrons. The van der Waals surface area contributed by atoms with Gasteiger partial charge in [0.05, 0.1) is 6.04 Å². The van der Waals surface area contributed by atoms with Crippen LogP contribution in [0.15, 0.2) is 4.52 Å². The van der Waals surface area contributed by atoms with Gasteiger partial charge in [-0.1, -0.05) is 32.3 Å². The second kappa shape index (κ2) is 6.71. The summed E-state index contributed by atoms with van der Waals surface area (Å²) in [6.07, 6.45) is 1.73. The Labute approximate surface area is 103 Å². The SMILES string of the molecule is CCC[C@@H](N)c1nc(C(OCC)C(C)C)no1. The zero-order valence-corrected chi connectivity index (χ0v) is 11.1. The van der Waals surface area contributed by atoms with Crippen molar-refractivity contribution in [3.05, 3.63) is 11.7 Å². The molecule has 0 spiro atoms. The van der Waals surface area contributed by atoms with Crippen molar-refractivity contribution in [2.24, 2.45) is 11.7 Å². The second-order valence-electron chi connectivity index (χ2n) is 4.51. The first-order chi connectivity index (χ1) is 8.10. The maximum atomic E-state index is 5.93. The van der Waals surface area contributed by atoms with E-state index in [9.17, 15) is 0 Å². The molecule has 0 aromatic carbocycles. The quantitative estimate of drug-likeness (QED) is 0.794. The Bertz CT molecular complexity index is 325. The van der Waals surface area contributed by atoms with Crippen molar-refractivity contribution in [1.29, 1.82) is 0 Å². The van der Waals surface area contributed by atoms with E-state index in [4.69, 9.17) is 15.0 Å². The van der Waals surface area contributed by atoms with E-state index < -0.39 is 0 Å². The minimum atomic E-state index is -0.171. The van der Waals surface area contributed by atoms with Crippen LogP contribution in [0.3, 0.4) is 0 Å². The van der Waals surface area contributed by atoms with E-state index in [1.54, 1.807) is 0 Å². The van der Waals surface area contributed by atoms with Crippen LogP contribution < -0.4 is 5.73 Å². The molecule has 0 saturated carbocycles. The Morgan fingerprint density at radius 1 is 1.35 bits per heavy atom. The minimum Gasteiger partial charge on any atom is -0.370 e. The molecule has 5 heteroatoms. The van der Waals surface area contributed by atoms with E-state index >= 15 is 0 Å². The molecule has 0 aliphatic heterocycles. The lowest BCUT2D eigenvalue weighted by atomic mass is 10.1. The summed E-state index contributed by atoms with van der Waals surface area (Å²) in [6.45, 7) is 8.81. The van der Waals surface area contributed by atoms with Gasteiger partial charge < -0.3 is 15.0 Å². The fourth-order valence-electron chi connectivity index (χ4n) is 1.69. The van der Waals surface area contributed by atoms with Gasteiger partial charge in [0.1, 0.15) is 6.10 Å². The Hall–Kier alpha value is -0.940. The molecular weight excluding hydrogens is 218 g/mol. The zero-order chi connectivity index (χ0) is 12.8. The van der Waals surface area contributed by atoms with Crippen molar-refractivity contribution in [3.8, 4) is 0 Å². The number of aromatic nitrogens is 2. The summed E-state index contributed by atoms with van der Waals surface area (Å²) in [5.74, 6) is 1.42. The van der Waals surface area contributed by atoms with Gasteiger partial charge in [0.25, 0.3) is 0 Å². The molecule has 0 bridgehead atoms. The van der Waals surface area contributed by atoms with Gasteiger partial charge in [-0.2, -0.15) is 4.98 Å². The molecule has 1 rings (SSSR count). The highest BCUT2D eigenvalue weighted by Crippen LogP contribution is 2.24. The Balaban J connectivity index is 2.77. The van der Waals surface area contributed by atoms with Crippen molar-refractivity contribution in [3.63, 3.8) is 0 Å². The summed E-state index contributed by atoms with van der Waals surface area (Å²) < 4.78 is 10.8. The number of nitrogens with two attached hydrogens (primary N) is 1. The molecule has 17 heavy (non-hydrogen) atoms. The van der Waals surface area contributed by atoms with Crippen LogP contribution in [-0.2, 0) is 4.74 Å². The van der Waals surface area contributed by atoms with Gasteiger partial charge in [0, 0.05) is 6.61 Å². The van der Waals surface area contributed by atoms with Gasteiger partial charge in [0.2, 0.25) is 11.7 Å². The molecule has 1 aromatic rings. The monoisotopic (exact) mass is 241 g/mol. The molecule has 1 unspecified atom stereocenters. The average Bonchev–Trinajstić information content (AvgIpc) is 2.74. The predicted octanol–water partition coefficient (Wildman–Crippen LogP) is 2.60. The lowest BCUT2D eigenvalue weighted by Gasteiger charge is -2.16. The second-order valence-corrected chi connectivity index (χ2v) is 4.51. The number of ether oxygens (including phenoxy) is 1. The maximum absolute atomic E-state index is 5.93. The highest BCUT2D eigenvalue weighted by Gasteiger charge is 2.23. The predicted molar refractivity (Wildman–Crippen MR) is 65.3 cm³/mol. The largest absolute Gasteiger partial charge is 0.370 e. The van der Waals surface area contributed by atoms with Crippen LogP contribution in [0.25, 0.3) is 0 Å². The molecule has 0 radical (unpaired) electrons. The van der Waals surface area contributed by atoms with Crippen molar-refractivity contribution in [2.45, 2.75) is 52.7 Å². The first-order valence-electron chi connectivity index (χ1n) is 6.30.